The highest BCUT2D eigenvalue weighted by molar-refractivity contribution is 9.10. The standard InChI is InChI=1S/C12H12Br2N2O/c1-2-16-11(12-10(14)3-4-17-12)8-5-9(13)7-15-6-8/h3-7,11,16H,2H2,1H3. The first kappa shape index (κ1) is 12.8. The molecule has 1 N–H and O–H groups in total. The molecule has 2 heterocycles. The number of furan rings is 1. The fourth-order valence-electron chi connectivity index (χ4n) is 1.66. The van der Waals surface area contributed by atoms with Crippen molar-refractivity contribution in [3.63, 3.8) is 0 Å². The van der Waals surface area contributed by atoms with Crippen LogP contribution in [0.1, 0.15) is 24.3 Å². The zero-order chi connectivity index (χ0) is 12.3. The van der Waals surface area contributed by atoms with E-state index >= 15 is 0 Å². The summed E-state index contributed by atoms with van der Waals surface area (Å²) in [5.41, 5.74) is 1.07. The Hall–Kier alpha value is -0.650. The van der Waals surface area contributed by atoms with Crippen molar-refractivity contribution in [2.75, 3.05) is 6.54 Å². The third kappa shape index (κ3) is 2.97. The van der Waals surface area contributed by atoms with Crippen LogP contribution in [0.25, 0.3) is 0 Å². The summed E-state index contributed by atoms with van der Waals surface area (Å²) in [5.74, 6) is 0.867. The summed E-state index contributed by atoms with van der Waals surface area (Å²) in [6.45, 7) is 2.92. The lowest BCUT2D eigenvalue weighted by molar-refractivity contribution is 0.449. The van der Waals surface area contributed by atoms with Gasteiger partial charge in [-0.05, 0) is 56.1 Å². The number of halogens is 2. The molecule has 90 valence electrons. The molecule has 0 fully saturated rings. The summed E-state index contributed by atoms with van der Waals surface area (Å²) in [6, 6.07) is 3.94. The van der Waals surface area contributed by atoms with Crippen LogP contribution in [0.3, 0.4) is 0 Å². The highest BCUT2D eigenvalue weighted by Gasteiger charge is 2.19. The number of pyridine rings is 1. The fourth-order valence-corrected chi connectivity index (χ4v) is 2.48. The Labute approximate surface area is 117 Å². The molecule has 2 rings (SSSR count). The molecule has 0 amide bonds. The third-order valence-electron chi connectivity index (χ3n) is 2.37. The van der Waals surface area contributed by atoms with E-state index in [1.807, 2.05) is 18.3 Å². The van der Waals surface area contributed by atoms with Crippen molar-refractivity contribution in [3.8, 4) is 0 Å². The average molecular weight is 360 g/mol. The largest absolute Gasteiger partial charge is 0.466 e. The molecule has 0 saturated heterocycles. The van der Waals surface area contributed by atoms with Gasteiger partial charge in [-0.25, -0.2) is 0 Å². The molecule has 0 aromatic carbocycles. The summed E-state index contributed by atoms with van der Waals surface area (Å²) in [7, 11) is 0. The molecule has 0 saturated carbocycles. The number of hydrogen-bond donors (Lipinski definition) is 1. The molecular weight excluding hydrogens is 348 g/mol. The topological polar surface area (TPSA) is 38.1 Å². The van der Waals surface area contributed by atoms with Gasteiger partial charge in [-0.1, -0.05) is 6.92 Å². The van der Waals surface area contributed by atoms with E-state index < -0.39 is 0 Å². The average Bonchev–Trinajstić information content (AvgIpc) is 2.72. The highest BCUT2D eigenvalue weighted by Crippen LogP contribution is 2.30. The first-order chi connectivity index (χ1) is 8.22. The van der Waals surface area contributed by atoms with Crippen LogP contribution in [0.15, 0.2) is 44.2 Å². The summed E-state index contributed by atoms with van der Waals surface area (Å²) in [4.78, 5) is 4.18. The first-order valence-electron chi connectivity index (χ1n) is 5.29. The zero-order valence-electron chi connectivity index (χ0n) is 9.28. The van der Waals surface area contributed by atoms with E-state index in [4.69, 9.17) is 4.42 Å². The van der Waals surface area contributed by atoms with Crippen molar-refractivity contribution in [3.05, 3.63) is 51.1 Å². The lowest BCUT2D eigenvalue weighted by Crippen LogP contribution is -2.22. The molecule has 0 spiro atoms. The molecule has 1 unspecified atom stereocenters. The molecule has 0 radical (unpaired) electrons. The van der Waals surface area contributed by atoms with Gasteiger partial charge in [-0.3, -0.25) is 4.98 Å². The predicted molar refractivity (Wildman–Crippen MR) is 73.9 cm³/mol. The molecule has 0 aliphatic rings. The Kier molecular flexibility index (Phi) is 4.36. The molecule has 17 heavy (non-hydrogen) atoms. The van der Waals surface area contributed by atoms with Gasteiger partial charge < -0.3 is 9.73 Å². The van der Waals surface area contributed by atoms with Gasteiger partial charge in [0.2, 0.25) is 0 Å². The van der Waals surface area contributed by atoms with Gasteiger partial charge in [0.1, 0.15) is 5.76 Å². The van der Waals surface area contributed by atoms with E-state index in [-0.39, 0.29) is 6.04 Å². The number of nitrogens with zero attached hydrogens (tertiary/aromatic N) is 1. The summed E-state index contributed by atoms with van der Waals surface area (Å²) in [5, 5.41) is 3.38. The molecule has 1 atom stereocenters. The number of rotatable bonds is 4. The van der Waals surface area contributed by atoms with Crippen molar-refractivity contribution in [1.29, 1.82) is 0 Å². The summed E-state index contributed by atoms with van der Waals surface area (Å²) in [6.07, 6.45) is 5.28. The van der Waals surface area contributed by atoms with E-state index in [1.54, 1.807) is 12.5 Å². The van der Waals surface area contributed by atoms with Crippen LogP contribution in [-0.2, 0) is 0 Å². The van der Waals surface area contributed by atoms with Gasteiger partial charge in [0, 0.05) is 16.9 Å². The van der Waals surface area contributed by atoms with Crippen LogP contribution < -0.4 is 5.32 Å². The summed E-state index contributed by atoms with van der Waals surface area (Å²) < 4.78 is 7.44. The molecule has 3 nitrogen and oxygen atoms in total. The number of hydrogen-bond acceptors (Lipinski definition) is 3. The second-order valence-corrected chi connectivity index (χ2v) is 5.33. The third-order valence-corrected chi connectivity index (χ3v) is 3.46. The van der Waals surface area contributed by atoms with E-state index in [0.717, 1.165) is 26.8 Å². The monoisotopic (exact) mass is 358 g/mol. The lowest BCUT2D eigenvalue weighted by Gasteiger charge is -2.16. The molecule has 2 aromatic rings. The quantitative estimate of drug-likeness (QED) is 0.899. The van der Waals surface area contributed by atoms with Crippen LogP contribution in [0.4, 0.5) is 0 Å². The van der Waals surface area contributed by atoms with Gasteiger partial charge in [-0.2, -0.15) is 0 Å². The Bertz CT molecular complexity index is 499. The van der Waals surface area contributed by atoms with Crippen LogP contribution in [-0.4, -0.2) is 11.5 Å². The maximum atomic E-state index is 5.52. The second-order valence-electron chi connectivity index (χ2n) is 3.56. The van der Waals surface area contributed by atoms with Crippen LogP contribution in [0, 0.1) is 0 Å². The van der Waals surface area contributed by atoms with Crippen molar-refractivity contribution in [2.24, 2.45) is 0 Å². The molecule has 0 aliphatic carbocycles. The van der Waals surface area contributed by atoms with Crippen LogP contribution in [0.2, 0.25) is 0 Å². The molecule has 2 aromatic heterocycles. The Balaban J connectivity index is 2.39. The maximum absolute atomic E-state index is 5.52. The maximum Gasteiger partial charge on any atom is 0.139 e. The van der Waals surface area contributed by atoms with Crippen molar-refractivity contribution < 1.29 is 4.42 Å². The minimum absolute atomic E-state index is 0.00868. The van der Waals surface area contributed by atoms with Gasteiger partial charge in [0.25, 0.3) is 0 Å². The first-order valence-corrected chi connectivity index (χ1v) is 6.87. The van der Waals surface area contributed by atoms with Crippen molar-refractivity contribution in [1.82, 2.24) is 10.3 Å². The predicted octanol–water partition coefficient (Wildman–Crippen LogP) is 3.90. The minimum atomic E-state index is 0.00868. The zero-order valence-corrected chi connectivity index (χ0v) is 12.5. The SMILES string of the molecule is CCNC(c1cncc(Br)c1)c1occc1Br. The fraction of sp³-hybridized carbons (Fsp3) is 0.250. The van der Waals surface area contributed by atoms with E-state index in [1.165, 1.54) is 0 Å². The van der Waals surface area contributed by atoms with Crippen molar-refractivity contribution in [2.45, 2.75) is 13.0 Å². The molecule has 0 aliphatic heterocycles. The van der Waals surface area contributed by atoms with Gasteiger partial charge in [0.15, 0.2) is 0 Å². The highest BCUT2D eigenvalue weighted by atomic mass is 79.9. The molecule has 0 bridgehead atoms. The van der Waals surface area contributed by atoms with Crippen LogP contribution in [0.5, 0.6) is 0 Å². The van der Waals surface area contributed by atoms with Gasteiger partial charge in [0.05, 0.1) is 16.8 Å². The minimum Gasteiger partial charge on any atom is -0.466 e. The van der Waals surface area contributed by atoms with E-state index in [2.05, 4.69) is 49.1 Å². The summed E-state index contributed by atoms with van der Waals surface area (Å²) >= 11 is 6.92. The van der Waals surface area contributed by atoms with Crippen LogP contribution >= 0.6 is 31.9 Å². The lowest BCUT2D eigenvalue weighted by atomic mass is 10.1. The number of nitrogens with one attached hydrogen (secondary N) is 1. The molecular formula is C12H12Br2N2O. The normalized spacial score (nSPS) is 12.6. The Morgan fingerprint density at radius 2 is 2.24 bits per heavy atom. The van der Waals surface area contributed by atoms with Crippen molar-refractivity contribution >= 4 is 31.9 Å². The second kappa shape index (κ2) is 5.80. The van der Waals surface area contributed by atoms with Gasteiger partial charge >= 0.3 is 0 Å². The Morgan fingerprint density at radius 1 is 1.41 bits per heavy atom. The smallest absolute Gasteiger partial charge is 0.139 e. The number of aromatic nitrogens is 1. The van der Waals surface area contributed by atoms with E-state index in [0.29, 0.717) is 0 Å². The molecule has 5 heteroatoms. The van der Waals surface area contributed by atoms with E-state index in [9.17, 15) is 0 Å². The Morgan fingerprint density at radius 3 is 2.82 bits per heavy atom. The van der Waals surface area contributed by atoms with Gasteiger partial charge in [-0.15, -0.1) is 0 Å².